The minimum Gasteiger partial charge on any atom is -0.364 e. The Balaban J connectivity index is 0. The third-order valence-corrected chi connectivity index (χ3v) is 1.24. The highest BCUT2D eigenvalue weighted by Crippen LogP contribution is 2.00. The van der Waals surface area contributed by atoms with E-state index in [9.17, 15) is 4.79 Å². The zero-order valence-electron chi connectivity index (χ0n) is 6.48. The van der Waals surface area contributed by atoms with E-state index in [1.165, 1.54) is 0 Å². The second kappa shape index (κ2) is 5.80. The number of aryl methyl sites for hydroxylation is 1. The molecule has 0 aromatic carbocycles. The van der Waals surface area contributed by atoms with Gasteiger partial charge >= 0.3 is 0 Å². The Labute approximate surface area is 83.2 Å². The van der Waals surface area contributed by atoms with E-state index in [1.54, 1.807) is 25.3 Å². The third kappa shape index (κ3) is 3.07. The molecule has 0 atom stereocenters. The van der Waals surface area contributed by atoms with Crippen LogP contribution in [-0.4, -0.2) is 10.9 Å². The third-order valence-electron chi connectivity index (χ3n) is 1.24. The van der Waals surface area contributed by atoms with Crippen molar-refractivity contribution < 1.29 is 4.79 Å². The van der Waals surface area contributed by atoms with E-state index in [0.717, 1.165) is 5.56 Å². The van der Waals surface area contributed by atoms with E-state index in [2.05, 4.69) is 4.98 Å². The Morgan fingerprint density at radius 1 is 1.50 bits per heavy atom. The predicted octanol–water partition coefficient (Wildman–Crippen LogP) is 1.33. The fourth-order valence-electron chi connectivity index (χ4n) is 0.744. The van der Waals surface area contributed by atoms with Gasteiger partial charge in [0.1, 0.15) is 5.69 Å². The van der Waals surface area contributed by atoms with Crippen molar-refractivity contribution in [1.82, 2.24) is 4.98 Å². The summed E-state index contributed by atoms with van der Waals surface area (Å²) in [7, 11) is 0. The molecule has 0 spiro atoms. The Bertz CT molecular complexity index is 265. The number of rotatable bonds is 1. The number of aromatic nitrogens is 1. The number of hydrogen-bond donors (Lipinski definition) is 1. The topological polar surface area (TPSA) is 56.0 Å². The Hall–Kier alpha value is -0.800. The molecule has 0 aliphatic carbocycles. The summed E-state index contributed by atoms with van der Waals surface area (Å²) in [5.74, 6) is -0.474. The summed E-state index contributed by atoms with van der Waals surface area (Å²) in [5, 5.41) is 0. The molecule has 0 aliphatic heterocycles. The number of amides is 1. The van der Waals surface area contributed by atoms with Gasteiger partial charge in [-0.15, -0.1) is 24.8 Å². The normalized spacial score (nSPS) is 7.75. The second-order valence-electron chi connectivity index (χ2n) is 2.03. The molecule has 1 aromatic heterocycles. The smallest absolute Gasteiger partial charge is 0.267 e. The minimum absolute atomic E-state index is 0. The van der Waals surface area contributed by atoms with E-state index in [0.29, 0.717) is 5.69 Å². The molecular formula is C7H10Cl2N2O. The number of nitrogens with zero attached hydrogens (tertiary/aromatic N) is 1. The Morgan fingerprint density at radius 2 is 2.08 bits per heavy atom. The highest BCUT2D eigenvalue weighted by molar-refractivity contribution is 5.92. The van der Waals surface area contributed by atoms with Crippen molar-refractivity contribution in [2.24, 2.45) is 5.73 Å². The van der Waals surface area contributed by atoms with Crippen LogP contribution in [-0.2, 0) is 0 Å². The van der Waals surface area contributed by atoms with Gasteiger partial charge in [0.2, 0.25) is 0 Å². The van der Waals surface area contributed by atoms with Crippen molar-refractivity contribution in [3.8, 4) is 0 Å². The summed E-state index contributed by atoms with van der Waals surface area (Å²) in [6, 6.07) is 3.56. The summed E-state index contributed by atoms with van der Waals surface area (Å²) in [4.78, 5) is 14.4. The number of carbonyl (C=O) groups is 1. The number of nitrogens with two attached hydrogens (primary N) is 1. The maximum Gasteiger partial charge on any atom is 0.267 e. The molecule has 2 N–H and O–H groups in total. The van der Waals surface area contributed by atoms with Crippen LogP contribution in [0.4, 0.5) is 0 Å². The molecule has 0 saturated heterocycles. The van der Waals surface area contributed by atoms with Crippen LogP contribution in [0.1, 0.15) is 16.1 Å². The Morgan fingerprint density at radius 3 is 2.42 bits per heavy atom. The van der Waals surface area contributed by atoms with Gasteiger partial charge in [0.05, 0.1) is 0 Å². The van der Waals surface area contributed by atoms with Crippen LogP contribution in [0.3, 0.4) is 0 Å². The first-order chi connectivity index (χ1) is 4.72. The fraction of sp³-hybridized carbons (Fsp3) is 0.143. The van der Waals surface area contributed by atoms with Crippen LogP contribution in [0, 0.1) is 6.92 Å². The van der Waals surface area contributed by atoms with Crippen molar-refractivity contribution in [3.05, 3.63) is 29.6 Å². The largest absolute Gasteiger partial charge is 0.364 e. The molecule has 1 heterocycles. The van der Waals surface area contributed by atoms with E-state index in [-0.39, 0.29) is 24.8 Å². The van der Waals surface area contributed by atoms with Crippen LogP contribution in [0.5, 0.6) is 0 Å². The molecule has 0 saturated carbocycles. The van der Waals surface area contributed by atoms with Crippen LogP contribution in [0.2, 0.25) is 0 Å². The van der Waals surface area contributed by atoms with Gasteiger partial charge in [-0.2, -0.15) is 0 Å². The van der Waals surface area contributed by atoms with Crippen molar-refractivity contribution in [2.45, 2.75) is 6.92 Å². The van der Waals surface area contributed by atoms with E-state index in [1.807, 2.05) is 0 Å². The number of carbonyl (C=O) groups excluding carboxylic acids is 1. The van der Waals surface area contributed by atoms with Gasteiger partial charge in [-0.05, 0) is 18.6 Å². The van der Waals surface area contributed by atoms with Gasteiger partial charge in [-0.1, -0.05) is 6.07 Å². The first-order valence-electron chi connectivity index (χ1n) is 2.93. The molecule has 1 aromatic rings. The van der Waals surface area contributed by atoms with Gasteiger partial charge in [-0.25, -0.2) is 0 Å². The predicted molar refractivity (Wildman–Crippen MR) is 52.0 cm³/mol. The summed E-state index contributed by atoms with van der Waals surface area (Å²) in [6.07, 6.45) is 1.55. The summed E-state index contributed by atoms with van der Waals surface area (Å²) in [6.45, 7) is 1.80. The molecule has 1 amide bonds. The van der Waals surface area contributed by atoms with Gasteiger partial charge in [0, 0.05) is 6.20 Å². The quantitative estimate of drug-likeness (QED) is 0.758. The molecule has 12 heavy (non-hydrogen) atoms. The van der Waals surface area contributed by atoms with E-state index in [4.69, 9.17) is 5.73 Å². The van der Waals surface area contributed by atoms with Crippen LogP contribution in [0.25, 0.3) is 0 Å². The maximum absolute atomic E-state index is 10.6. The summed E-state index contributed by atoms with van der Waals surface area (Å²) in [5.41, 5.74) is 6.18. The molecule has 0 radical (unpaired) electrons. The molecule has 0 aliphatic rings. The first kappa shape index (κ1) is 13.8. The molecule has 3 nitrogen and oxygen atoms in total. The minimum atomic E-state index is -0.474. The fourth-order valence-corrected chi connectivity index (χ4v) is 0.744. The molecule has 68 valence electrons. The highest BCUT2D eigenvalue weighted by atomic mass is 35.5. The lowest BCUT2D eigenvalue weighted by Gasteiger charge is -1.96. The molecular weight excluding hydrogens is 199 g/mol. The SMILES string of the molecule is Cc1cccnc1C(N)=O.Cl.Cl. The molecule has 1 rings (SSSR count). The van der Waals surface area contributed by atoms with Crippen molar-refractivity contribution in [2.75, 3.05) is 0 Å². The Kier molecular flexibility index (Phi) is 6.65. The number of hydrogen-bond acceptors (Lipinski definition) is 2. The van der Waals surface area contributed by atoms with E-state index < -0.39 is 5.91 Å². The van der Waals surface area contributed by atoms with Crippen molar-refractivity contribution in [1.29, 1.82) is 0 Å². The highest BCUT2D eigenvalue weighted by Gasteiger charge is 2.02. The zero-order valence-corrected chi connectivity index (χ0v) is 8.11. The lowest BCUT2D eigenvalue weighted by molar-refractivity contribution is 0.0995. The standard InChI is InChI=1S/C7H8N2O.2ClH/c1-5-3-2-4-9-6(5)7(8)10;;/h2-4H,1H3,(H2,8,10);2*1H. The van der Waals surface area contributed by atoms with Crippen LogP contribution < -0.4 is 5.73 Å². The molecule has 0 fully saturated rings. The van der Waals surface area contributed by atoms with Gasteiger partial charge < -0.3 is 5.73 Å². The number of halogens is 2. The summed E-state index contributed by atoms with van der Waals surface area (Å²) < 4.78 is 0. The average molecular weight is 209 g/mol. The van der Waals surface area contributed by atoms with Gasteiger partial charge in [0.25, 0.3) is 5.91 Å². The maximum atomic E-state index is 10.6. The van der Waals surface area contributed by atoms with Gasteiger partial charge in [0.15, 0.2) is 0 Å². The second-order valence-corrected chi connectivity index (χ2v) is 2.03. The number of primary amides is 1. The monoisotopic (exact) mass is 208 g/mol. The van der Waals surface area contributed by atoms with Crippen molar-refractivity contribution >= 4 is 30.7 Å². The first-order valence-corrected chi connectivity index (χ1v) is 2.93. The molecule has 0 bridgehead atoms. The van der Waals surface area contributed by atoms with Crippen LogP contribution >= 0.6 is 24.8 Å². The average Bonchev–Trinajstić information content (AvgIpc) is 1.88. The lowest BCUT2D eigenvalue weighted by Crippen LogP contribution is -2.14. The zero-order chi connectivity index (χ0) is 7.56. The van der Waals surface area contributed by atoms with E-state index >= 15 is 0 Å². The van der Waals surface area contributed by atoms with Crippen LogP contribution in [0.15, 0.2) is 18.3 Å². The summed E-state index contributed by atoms with van der Waals surface area (Å²) >= 11 is 0. The lowest BCUT2D eigenvalue weighted by atomic mass is 10.2. The molecule has 5 heteroatoms. The van der Waals surface area contributed by atoms with Crippen molar-refractivity contribution in [3.63, 3.8) is 0 Å². The molecule has 0 unspecified atom stereocenters. The number of pyridine rings is 1. The van der Waals surface area contributed by atoms with Gasteiger partial charge in [-0.3, -0.25) is 9.78 Å².